The van der Waals surface area contributed by atoms with Gasteiger partial charge in [0.25, 0.3) is 0 Å². The minimum absolute atomic E-state index is 0.183. The lowest BCUT2D eigenvalue weighted by molar-refractivity contribution is -0.120. The van der Waals surface area contributed by atoms with Crippen LogP contribution in [0.3, 0.4) is 0 Å². The molecular weight excluding hydrogens is 370 g/mol. The molecule has 0 aliphatic rings. The standard InChI is InChI=1S/C19H18ClN3O2S/c1-11-6-7-16-13(10-25-18(16)12(11)2)8-17(24)22-23-19(26)21-15-5-3-4-14(20)9-15/h3-7,9-10H,8H2,1-2H3,(H,22,24)(H2,21,23,26). The van der Waals surface area contributed by atoms with E-state index in [0.717, 1.165) is 33.3 Å². The number of carbonyl (C=O) groups is 1. The van der Waals surface area contributed by atoms with Crippen molar-refractivity contribution in [3.63, 3.8) is 0 Å². The fraction of sp³-hybridized carbons (Fsp3) is 0.158. The fourth-order valence-corrected chi connectivity index (χ4v) is 2.96. The number of rotatable bonds is 3. The fourth-order valence-electron chi connectivity index (χ4n) is 2.60. The van der Waals surface area contributed by atoms with Gasteiger partial charge in [0.05, 0.1) is 12.7 Å². The molecule has 26 heavy (non-hydrogen) atoms. The predicted molar refractivity (Wildman–Crippen MR) is 108 cm³/mol. The van der Waals surface area contributed by atoms with Crippen molar-refractivity contribution in [3.8, 4) is 0 Å². The molecule has 0 saturated carbocycles. The number of fused-ring (bicyclic) bond motifs is 1. The summed E-state index contributed by atoms with van der Waals surface area (Å²) >= 11 is 11.1. The maximum Gasteiger partial charge on any atom is 0.242 e. The average Bonchev–Trinajstić information content (AvgIpc) is 3.00. The van der Waals surface area contributed by atoms with E-state index in [2.05, 4.69) is 16.2 Å². The van der Waals surface area contributed by atoms with Crippen molar-refractivity contribution in [2.45, 2.75) is 20.3 Å². The SMILES string of the molecule is Cc1ccc2c(CC(=O)NNC(=S)Nc3cccc(Cl)c3)coc2c1C. The molecule has 0 fully saturated rings. The number of halogens is 1. The van der Waals surface area contributed by atoms with Gasteiger partial charge in [-0.25, -0.2) is 0 Å². The van der Waals surface area contributed by atoms with E-state index in [1.807, 2.05) is 32.0 Å². The van der Waals surface area contributed by atoms with Crippen LogP contribution in [0.1, 0.15) is 16.7 Å². The highest BCUT2D eigenvalue weighted by atomic mass is 35.5. The van der Waals surface area contributed by atoms with Gasteiger partial charge in [0.1, 0.15) is 5.58 Å². The summed E-state index contributed by atoms with van der Waals surface area (Å²) in [6.45, 7) is 4.04. The van der Waals surface area contributed by atoms with E-state index in [4.69, 9.17) is 28.2 Å². The Balaban J connectivity index is 1.58. The molecule has 7 heteroatoms. The third-order valence-corrected chi connectivity index (χ3v) is 4.53. The number of hydrazine groups is 1. The molecule has 1 aromatic heterocycles. The lowest BCUT2D eigenvalue weighted by Gasteiger charge is -2.11. The van der Waals surface area contributed by atoms with Gasteiger partial charge in [-0.3, -0.25) is 15.6 Å². The van der Waals surface area contributed by atoms with E-state index in [1.54, 1.807) is 24.5 Å². The normalized spacial score (nSPS) is 10.6. The monoisotopic (exact) mass is 387 g/mol. The highest BCUT2D eigenvalue weighted by Gasteiger charge is 2.13. The van der Waals surface area contributed by atoms with Crippen LogP contribution < -0.4 is 16.2 Å². The predicted octanol–water partition coefficient (Wildman–Crippen LogP) is 4.26. The summed E-state index contributed by atoms with van der Waals surface area (Å²) in [4.78, 5) is 12.2. The molecule has 1 amide bonds. The second kappa shape index (κ2) is 7.76. The number of hydrogen-bond donors (Lipinski definition) is 3. The van der Waals surface area contributed by atoms with E-state index in [1.165, 1.54) is 0 Å². The molecule has 1 heterocycles. The van der Waals surface area contributed by atoms with Gasteiger partial charge in [-0.1, -0.05) is 29.8 Å². The Morgan fingerprint density at radius 2 is 2.00 bits per heavy atom. The molecule has 0 radical (unpaired) electrons. The third kappa shape index (κ3) is 4.15. The van der Waals surface area contributed by atoms with Crippen LogP contribution in [0.4, 0.5) is 5.69 Å². The Morgan fingerprint density at radius 1 is 1.19 bits per heavy atom. The van der Waals surface area contributed by atoms with Gasteiger partial charge in [-0.05, 0) is 55.4 Å². The highest BCUT2D eigenvalue weighted by molar-refractivity contribution is 7.80. The van der Waals surface area contributed by atoms with Crippen molar-refractivity contribution in [1.29, 1.82) is 0 Å². The van der Waals surface area contributed by atoms with E-state index >= 15 is 0 Å². The molecule has 0 aliphatic heterocycles. The molecule has 0 atom stereocenters. The largest absolute Gasteiger partial charge is 0.464 e. The summed E-state index contributed by atoms with van der Waals surface area (Å²) in [5.74, 6) is -0.221. The van der Waals surface area contributed by atoms with E-state index < -0.39 is 0 Å². The first kappa shape index (κ1) is 18.2. The number of aryl methyl sites for hydroxylation is 2. The first-order valence-electron chi connectivity index (χ1n) is 8.01. The van der Waals surface area contributed by atoms with Gasteiger partial charge in [-0.2, -0.15) is 0 Å². The molecule has 0 spiro atoms. The van der Waals surface area contributed by atoms with Gasteiger partial charge >= 0.3 is 0 Å². The first-order valence-corrected chi connectivity index (χ1v) is 8.80. The number of hydrogen-bond acceptors (Lipinski definition) is 3. The summed E-state index contributed by atoms with van der Waals surface area (Å²) < 4.78 is 5.63. The van der Waals surface area contributed by atoms with Gasteiger partial charge in [0.15, 0.2) is 5.11 Å². The number of nitrogens with one attached hydrogen (secondary N) is 3. The van der Waals surface area contributed by atoms with Crippen LogP contribution in [0.2, 0.25) is 5.02 Å². The molecule has 2 aromatic carbocycles. The minimum atomic E-state index is -0.221. The van der Waals surface area contributed by atoms with Crippen molar-refractivity contribution in [2.75, 3.05) is 5.32 Å². The highest BCUT2D eigenvalue weighted by Crippen LogP contribution is 2.26. The number of carbonyl (C=O) groups excluding carboxylic acids is 1. The quantitative estimate of drug-likeness (QED) is 0.462. The average molecular weight is 388 g/mol. The lowest BCUT2D eigenvalue weighted by atomic mass is 10.0. The number of benzene rings is 2. The van der Waals surface area contributed by atoms with Crippen molar-refractivity contribution in [1.82, 2.24) is 10.9 Å². The summed E-state index contributed by atoms with van der Waals surface area (Å²) in [7, 11) is 0. The van der Waals surface area contributed by atoms with E-state index in [9.17, 15) is 4.79 Å². The zero-order valence-corrected chi connectivity index (χ0v) is 15.9. The van der Waals surface area contributed by atoms with Crippen LogP contribution in [0, 0.1) is 13.8 Å². The number of anilines is 1. The van der Waals surface area contributed by atoms with Crippen LogP contribution in [0.25, 0.3) is 11.0 Å². The van der Waals surface area contributed by atoms with Gasteiger partial charge < -0.3 is 9.73 Å². The van der Waals surface area contributed by atoms with Crippen LogP contribution in [0.15, 0.2) is 47.1 Å². The van der Waals surface area contributed by atoms with Crippen LogP contribution in [-0.2, 0) is 11.2 Å². The summed E-state index contributed by atoms with van der Waals surface area (Å²) in [5, 5.41) is 4.75. The first-order chi connectivity index (χ1) is 12.4. The van der Waals surface area contributed by atoms with Crippen molar-refractivity contribution >= 4 is 51.5 Å². The maximum absolute atomic E-state index is 12.2. The molecule has 3 N–H and O–H groups in total. The zero-order valence-electron chi connectivity index (χ0n) is 14.4. The van der Waals surface area contributed by atoms with Crippen molar-refractivity contribution < 1.29 is 9.21 Å². The smallest absolute Gasteiger partial charge is 0.242 e. The number of furan rings is 1. The van der Waals surface area contributed by atoms with Crippen LogP contribution in [-0.4, -0.2) is 11.0 Å². The topological polar surface area (TPSA) is 66.3 Å². The molecule has 3 aromatic rings. The molecule has 0 aliphatic carbocycles. The Morgan fingerprint density at radius 3 is 2.77 bits per heavy atom. The lowest BCUT2D eigenvalue weighted by Crippen LogP contribution is -2.44. The van der Waals surface area contributed by atoms with Crippen LogP contribution >= 0.6 is 23.8 Å². The number of amides is 1. The maximum atomic E-state index is 12.2. The summed E-state index contributed by atoms with van der Waals surface area (Å²) in [6.07, 6.45) is 1.81. The number of thiocarbonyl (C=S) groups is 1. The zero-order chi connectivity index (χ0) is 18.7. The van der Waals surface area contributed by atoms with Gasteiger partial charge in [0, 0.05) is 21.7 Å². The van der Waals surface area contributed by atoms with Crippen molar-refractivity contribution in [2.24, 2.45) is 0 Å². The molecule has 0 unspecified atom stereocenters. The molecule has 134 valence electrons. The second-order valence-electron chi connectivity index (χ2n) is 5.96. The Labute approximate surface area is 161 Å². The Kier molecular flexibility index (Phi) is 5.44. The molecule has 0 bridgehead atoms. The van der Waals surface area contributed by atoms with E-state index in [-0.39, 0.29) is 17.4 Å². The Hall–Kier alpha value is -2.57. The molecular formula is C19H18ClN3O2S. The van der Waals surface area contributed by atoms with Gasteiger partial charge in [-0.15, -0.1) is 0 Å². The third-order valence-electron chi connectivity index (χ3n) is 4.09. The summed E-state index contributed by atoms with van der Waals surface area (Å²) in [5.41, 5.74) is 9.88. The van der Waals surface area contributed by atoms with E-state index in [0.29, 0.717) is 5.02 Å². The second-order valence-corrected chi connectivity index (χ2v) is 6.80. The molecule has 5 nitrogen and oxygen atoms in total. The minimum Gasteiger partial charge on any atom is -0.464 e. The van der Waals surface area contributed by atoms with Gasteiger partial charge in [0.2, 0.25) is 5.91 Å². The summed E-state index contributed by atoms with van der Waals surface area (Å²) in [6, 6.07) is 11.1. The van der Waals surface area contributed by atoms with Crippen molar-refractivity contribution in [3.05, 3.63) is 64.4 Å². The molecule has 0 saturated heterocycles. The molecule has 3 rings (SSSR count). The Bertz CT molecular complexity index is 984. The van der Waals surface area contributed by atoms with Crippen LogP contribution in [0.5, 0.6) is 0 Å².